The van der Waals surface area contributed by atoms with E-state index in [0.29, 0.717) is 0 Å². The van der Waals surface area contributed by atoms with Gasteiger partial charge in [-0.05, 0) is 46.5 Å². The van der Waals surface area contributed by atoms with Gasteiger partial charge in [0.15, 0.2) is 12.5 Å². The minimum absolute atomic E-state index is 0.0717. The summed E-state index contributed by atoms with van der Waals surface area (Å²) >= 11 is 0. The second-order valence-electron chi connectivity index (χ2n) is 9.58. The fourth-order valence-corrected chi connectivity index (χ4v) is 6.05. The highest BCUT2D eigenvalue weighted by Gasteiger charge is 2.47. The molecule has 4 atom stereocenters. The molecular formula is C30H31NO3. The Kier molecular flexibility index (Phi) is 5.43. The van der Waals surface area contributed by atoms with Crippen molar-refractivity contribution in [3.63, 3.8) is 0 Å². The van der Waals surface area contributed by atoms with Gasteiger partial charge in [0, 0.05) is 23.0 Å². The summed E-state index contributed by atoms with van der Waals surface area (Å²) in [5.41, 5.74) is 2.41. The van der Waals surface area contributed by atoms with Gasteiger partial charge in [-0.15, -0.1) is 5.06 Å². The quantitative estimate of drug-likeness (QED) is 0.305. The molecule has 34 heavy (non-hydrogen) atoms. The van der Waals surface area contributed by atoms with E-state index in [4.69, 9.17) is 9.47 Å². The van der Waals surface area contributed by atoms with Gasteiger partial charge in [-0.2, -0.15) is 0 Å². The molecule has 4 aromatic rings. The zero-order valence-electron chi connectivity index (χ0n) is 19.8. The Hall–Kier alpha value is -3.08. The van der Waals surface area contributed by atoms with E-state index in [0.717, 1.165) is 37.2 Å². The SMILES string of the molecule is CCC[C@H]1c2c(ccc3ccccc23)O[C@@H]1N(O)[C@H]1Oc2ccc3ccccc3c2[C@@H]1CCC. The lowest BCUT2D eigenvalue weighted by Crippen LogP contribution is -2.48. The van der Waals surface area contributed by atoms with E-state index >= 15 is 0 Å². The molecule has 2 aliphatic rings. The van der Waals surface area contributed by atoms with Crippen LogP contribution >= 0.6 is 0 Å². The molecule has 1 N–H and O–H groups in total. The number of hydrogen-bond donors (Lipinski definition) is 1. The molecule has 0 radical (unpaired) electrons. The molecule has 6 rings (SSSR count). The van der Waals surface area contributed by atoms with Gasteiger partial charge in [0.1, 0.15) is 11.5 Å². The van der Waals surface area contributed by atoms with Crippen LogP contribution in [0, 0.1) is 0 Å². The second kappa shape index (κ2) is 8.61. The van der Waals surface area contributed by atoms with E-state index in [9.17, 15) is 5.21 Å². The first-order valence-corrected chi connectivity index (χ1v) is 12.5. The highest BCUT2D eigenvalue weighted by atomic mass is 16.6. The molecule has 0 amide bonds. The first kappa shape index (κ1) is 21.5. The second-order valence-corrected chi connectivity index (χ2v) is 9.58. The van der Waals surface area contributed by atoms with Crippen LogP contribution in [0.5, 0.6) is 11.5 Å². The maximum absolute atomic E-state index is 11.7. The van der Waals surface area contributed by atoms with Gasteiger partial charge in [0.25, 0.3) is 0 Å². The smallest absolute Gasteiger partial charge is 0.185 e. The van der Waals surface area contributed by atoms with Crippen LogP contribution in [0.25, 0.3) is 21.5 Å². The van der Waals surface area contributed by atoms with Crippen molar-refractivity contribution in [2.24, 2.45) is 0 Å². The van der Waals surface area contributed by atoms with Crippen molar-refractivity contribution in [3.05, 3.63) is 83.9 Å². The minimum Gasteiger partial charge on any atom is -0.472 e. The summed E-state index contributed by atoms with van der Waals surface area (Å²) in [6.45, 7) is 4.38. The number of rotatable bonds is 6. The standard InChI is InChI=1S/C30H31NO3/c1-3-9-23-27-21-13-7-5-11-19(21)15-17-25(27)33-29(23)31(32)30-24(10-4-2)28-22-14-8-6-12-20(22)16-18-26(28)34-30/h5-8,11-18,23-24,29-30,32H,3-4,9-10H2,1-2H3/t23-,24-,29-,30-/m0/s1. The van der Waals surface area contributed by atoms with Crippen LogP contribution in [0.4, 0.5) is 0 Å². The van der Waals surface area contributed by atoms with Crippen molar-refractivity contribution in [2.45, 2.75) is 63.8 Å². The summed E-state index contributed by atoms with van der Waals surface area (Å²) in [5.74, 6) is 1.88. The van der Waals surface area contributed by atoms with E-state index in [2.05, 4.69) is 86.6 Å². The molecule has 4 nitrogen and oxygen atoms in total. The normalized spacial score (nSPS) is 23.2. The minimum atomic E-state index is -0.481. The van der Waals surface area contributed by atoms with Crippen LogP contribution in [0.15, 0.2) is 72.8 Å². The Morgan fingerprint density at radius 2 is 1.09 bits per heavy atom. The molecule has 0 aromatic heterocycles. The molecule has 0 saturated heterocycles. The first-order valence-electron chi connectivity index (χ1n) is 12.5. The monoisotopic (exact) mass is 453 g/mol. The molecule has 2 aliphatic heterocycles. The number of hydrogen-bond acceptors (Lipinski definition) is 4. The van der Waals surface area contributed by atoms with Crippen LogP contribution in [0.1, 0.15) is 62.5 Å². The van der Waals surface area contributed by atoms with Crippen LogP contribution in [0.3, 0.4) is 0 Å². The van der Waals surface area contributed by atoms with Crippen LogP contribution < -0.4 is 9.47 Å². The first-order chi connectivity index (χ1) is 16.7. The Morgan fingerprint density at radius 3 is 1.53 bits per heavy atom. The highest BCUT2D eigenvalue weighted by Crippen LogP contribution is 2.50. The van der Waals surface area contributed by atoms with Gasteiger partial charge in [-0.1, -0.05) is 87.4 Å². The van der Waals surface area contributed by atoms with Crippen molar-refractivity contribution in [3.8, 4) is 11.5 Å². The number of benzene rings is 4. The predicted octanol–water partition coefficient (Wildman–Crippen LogP) is 7.59. The van der Waals surface area contributed by atoms with Crippen molar-refractivity contribution in [1.82, 2.24) is 5.06 Å². The molecule has 0 aliphatic carbocycles. The van der Waals surface area contributed by atoms with Crippen molar-refractivity contribution in [1.29, 1.82) is 0 Å². The Morgan fingerprint density at radius 1 is 0.647 bits per heavy atom. The van der Waals surface area contributed by atoms with Gasteiger partial charge in [0.05, 0.1) is 0 Å². The van der Waals surface area contributed by atoms with E-state index < -0.39 is 12.5 Å². The van der Waals surface area contributed by atoms with Gasteiger partial charge < -0.3 is 14.7 Å². The van der Waals surface area contributed by atoms with E-state index in [1.807, 2.05) is 0 Å². The van der Waals surface area contributed by atoms with Crippen molar-refractivity contribution >= 4 is 21.5 Å². The van der Waals surface area contributed by atoms with Crippen molar-refractivity contribution < 1.29 is 14.7 Å². The predicted molar refractivity (Wildman–Crippen MR) is 136 cm³/mol. The molecule has 174 valence electrons. The molecule has 0 bridgehead atoms. The van der Waals surface area contributed by atoms with E-state index in [1.54, 1.807) is 0 Å². The molecule has 0 fully saturated rings. The van der Waals surface area contributed by atoms with Crippen LogP contribution in [0.2, 0.25) is 0 Å². The lowest BCUT2D eigenvalue weighted by molar-refractivity contribution is -0.256. The Balaban J connectivity index is 1.40. The summed E-state index contributed by atoms with van der Waals surface area (Å²) in [5, 5.41) is 17.9. The van der Waals surface area contributed by atoms with Gasteiger partial charge in [0.2, 0.25) is 0 Å². The molecular weight excluding hydrogens is 422 g/mol. The number of ether oxygens (including phenoxy) is 2. The third-order valence-electron chi connectivity index (χ3n) is 7.51. The average Bonchev–Trinajstić information content (AvgIpc) is 3.43. The van der Waals surface area contributed by atoms with Crippen LogP contribution in [-0.4, -0.2) is 22.7 Å². The highest BCUT2D eigenvalue weighted by molar-refractivity contribution is 5.90. The number of nitrogens with zero attached hydrogens (tertiary/aromatic N) is 1. The Labute approximate surface area is 200 Å². The number of hydroxylamine groups is 2. The summed E-state index contributed by atoms with van der Waals surface area (Å²) < 4.78 is 12.9. The fraction of sp³-hybridized carbons (Fsp3) is 0.333. The maximum atomic E-state index is 11.7. The van der Waals surface area contributed by atoms with Gasteiger partial charge in [-0.3, -0.25) is 0 Å². The Bertz CT molecular complexity index is 1250. The van der Waals surface area contributed by atoms with Crippen LogP contribution in [-0.2, 0) is 0 Å². The van der Waals surface area contributed by atoms with E-state index in [1.165, 1.54) is 37.7 Å². The molecule has 0 spiro atoms. The molecule has 4 aromatic carbocycles. The summed E-state index contributed by atoms with van der Waals surface area (Å²) in [7, 11) is 0. The number of fused-ring (bicyclic) bond motifs is 6. The summed E-state index contributed by atoms with van der Waals surface area (Å²) in [6.07, 6.45) is 2.93. The fourth-order valence-electron chi connectivity index (χ4n) is 6.05. The average molecular weight is 454 g/mol. The van der Waals surface area contributed by atoms with Gasteiger partial charge >= 0.3 is 0 Å². The topological polar surface area (TPSA) is 41.9 Å². The van der Waals surface area contributed by atoms with Gasteiger partial charge in [-0.25, -0.2) is 0 Å². The summed E-state index contributed by atoms with van der Waals surface area (Å²) in [6, 6.07) is 25.2. The third-order valence-corrected chi connectivity index (χ3v) is 7.51. The maximum Gasteiger partial charge on any atom is 0.185 e. The zero-order valence-corrected chi connectivity index (χ0v) is 19.8. The molecule has 0 unspecified atom stereocenters. The summed E-state index contributed by atoms with van der Waals surface area (Å²) in [4.78, 5) is 0. The molecule has 4 heteroatoms. The zero-order chi connectivity index (χ0) is 23.2. The lowest BCUT2D eigenvalue weighted by atomic mass is 9.88. The molecule has 2 heterocycles. The van der Waals surface area contributed by atoms with Crippen molar-refractivity contribution in [2.75, 3.05) is 0 Å². The largest absolute Gasteiger partial charge is 0.472 e. The third kappa shape index (κ3) is 3.28. The molecule has 0 saturated carbocycles. The lowest BCUT2D eigenvalue weighted by Gasteiger charge is -2.33. The van der Waals surface area contributed by atoms with E-state index in [-0.39, 0.29) is 11.8 Å².